The topological polar surface area (TPSA) is 83.1 Å². The molecule has 0 aliphatic carbocycles. The molecule has 11 heteroatoms. The molecule has 0 atom stereocenters. The molecule has 0 aliphatic heterocycles. The van der Waals surface area contributed by atoms with Crippen LogP contribution in [0.25, 0.3) is 0 Å². The van der Waals surface area contributed by atoms with E-state index in [-0.39, 0.29) is 0 Å². The second kappa shape index (κ2) is 14.7. The van der Waals surface area contributed by atoms with Crippen LogP contribution in [0.3, 0.4) is 0 Å². The molecule has 4 aromatic carbocycles. The van der Waals surface area contributed by atoms with Crippen LogP contribution in [-0.2, 0) is 4.12 Å². The summed E-state index contributed by atoms with van der Waals surface area (Å²) in [6.45, 7) is 0. The maximum Gasteiger partial charge on any atom is 0.229 e. The van der Waals surface area contributed by atoms with E-state index in [1.54, 1.807) is 56.9 Å². The van der Waals surface area contributed by atoms with Gasteiger partial charge in [-0.25, -0.2) is 0 Å². The van der Waals surface area contributed by atoms with Gasteiger partial charge in [0.15, 0.2) is 46.0 Å². The SMILES string of the molecule is COc1ccc([SiH](O[SiH](c2ccc(OC)c(OC)c2)c2ccc(OC)c(OC)c2)c2ccc(OC)c(OC)c2)cc1OC. The Balaban J connectivity index is 1.94. The molecule has 43 heavy (non-hydrogen) atoms. The van der Waals surface area contributed by atoms with Crippen LogP contribution in [-0.4, -0.2) is 75.0 Å². The van der Waals surface area contributed by atoms with Gasteiger partial charge in [-0.05, 0) is 69.3 Å². The summed E-state index contributed by atoms with van der Waals surface area (Å²) in [5.74, 6) is 5.04. The van der Waals surface area contributed by atoms with Crippen LogP contribution in [0.5, 0.6) is 46.0 Å². The van der Waals surface area contributed by atoms with E-state index < -0.39 is 18.1 Å². The second-order valence-corrected chi connectivity index (χ2v) is 14.6. The Morgan fingerprint density at radius 2 is 0.512 bits per heavy atom. The van der Waals surface area contributed by atoms with Gasteiger partial charge < -0.3 is 42.0 Å². The van der Waals surface area contributed by atoms with Crippen molar-refractivity contribution in [2.75, 3.05) is 56.9 Å². The molecule has 0 aliphatic rings. The molecule has 4 aromatic rings. The largest absolute Gasteiger partial charge is 0.493 e. The number of hydrogen-bond acceptors (Lipinski definition) is 9. The molecule has 0 saturated carbocycles. The van der Waals surface area contributed by atoms with Gasteiger partial charge in [0.25, 0.3) is 0 Å². The predicted molar refractivity (Wildman–Crippen MR) is 172 cm³/mol. The van der Waals surface area contributed by atoms with Gasteiger partial charge in [-0.1, -0.05) is 24.3 Å². The van der Waals surface area contributed by atoms with Gasteiger partial charge >= 0.3 is 0 Å². The van der Waals surface area contributed by atoms with E-state index in [0.717, 1.165) is 20.7 Å². The fourth-order valence-electron chi connectivity index (χ4n) is 4.90. The molecule has 0 radical (unpaired) electrons. The summed E-state index contributed by atoms with van der Waals surface area (Å²) in [6.07, 6.45) is 0. The molecule has 0 N–H and O–H groups in total. The van der Waals surface area contributed by atoms with E-state index in [2.05, 4.69) is 0 Å². The minimum Gasteiger partial charge on any atom is -0.493 e. The maximum absolute atomic E-state index is 7.38. The van der Waals surface area contributed by atoms with Crippen molar-refractivity contribution in [2.45, 2.75) is 0 Å². The van der Waals surface area contributed by atoms with Gasteiger partial charge in [0.1, 0.15) is 0 Å². The van der Waals surface area contributed by atoms with Crippen molar-refractivity contribution in [1.29, 1.82) is 0 Å². The molecule has 228 valence electrons. The van der Waals surface area contributed by atoms with Crippen LogP contribution < -0.4 is 58.6 Å². The first kappa shape index (κ1) is 31.6. The number of ether oxygens (including phenoxy) is 8. The molecular formula is C32H38O9Si2. The fraction of sp³-hybridized carbons (Fsp3) is 0.250. The van der Waals surface area contributed by atoms with Crippen molar-refractivity contribution in [3.63, 3.8) is 0 Å². The molecule has 0 spiro atoms. The summed E-state index contributed by atoms with van der Waals surface area (Å²) < 4.78 is 52.2. The van der Waals surface area contributed by atoms with Gasteiger partial charge in [0.05, 0.1) is 56.9 Å². The van der Waals surface area contributed by atoms with Crippen molar-refractivity contribution in [3.8, 4) is 46.0 Å². The molecule has 4 rings (SSSR count). The Morgan fingerprint density at radius 1 is 0.302 bits per heavy atom. The number of hydrogen-bond donors (Lipinski definition) is 0. The molecule has 0 aromatic heterocycles. The van der Waals surface area contributed by atoms with Crippen LogP contribution in [0.15, 0.2) is 72.8 Å². The highest BCUT2D eigenvalue weighted by Crippen LogP contribution is 2.29. The Bertz CT molecular complexity index is 1310. The number of methoxy groups -OCH3 is 8. The molecular weight excluding hydrogens is 585 g/mol. The molecule has 0 fully saturated rings. The third-order valence-corrected chi connectivity index (χ3v) is 13.1. The average molecular weight is 623 g/mol. The van der Waals surface area contributed by atoms with Crippen LogP contribution in [0, 0.1) is 0 Å². The predicted octanol–water partition coefficient (Wildman–Crippen LogP) is 2.15. The van der Waals surface area contributed by atoms with Crippen molar-refractivity contribution < 1.29 is 42.0 Å². The standard InChI is InChI=1S/C32H38O9Si2/c1-33-25-13-9-21(17-29(25)37-5)42(22-10-14-26(34-2)30(18-22)38-6)41-43(23-11-15-27(35-3)31(19-23)39-7)24-12-16-28(36-4)32(20-24)40-8/h9-20,42-43H,1-8H3. The first-order valence-electron chi connectivity index (χ1n) is 13.5. The van der Waals surface area contributed by atoms with E-state index in [4.69, 9.17) is 42.0 Å². The summed E-state index contributed by atoms with van der Waals surface area (Å²) in [4.78, 5) is 0. The zero-order chi connectivity index (χ0) is 30.9. The first-order chi connectivity index (χ1) is 20.9. The van der Waals surface area contributed by atoms with Crippen LogP contribution in [0.1, 0.15) is 0 Å². The summed E-state index contributed by atoms with van der Waals surface area (Å²) in [5, 5.41) is 4.01. The monoisotopic (exact) mass is 622 g/mol. The lowest BCUT2D eigenvalue weighted by Crippen LogP contribution is -2.56. The highest BCUT2D eigenvalue weighted by atomic mass is 28.4. The lowest BCUT2D eigenvalue weighted by molar-refractivity contribution is 0.355. The van der Waals surface area contributed by atoms with Crippen LogP contribution in [0.4, 0.5) is 0 Å². The summed E-state index contributed by atoms with van der Waals surface area (Å²) in [5.41, 5.74) is 0. The highest BCUT2D eigenvalue weighted by Gasteiger charge is 2.29. The minimum absolute atomic E-state index is 0.622. The van der Waals surface area contributed by atoms with Crippen LogP contribution >= 0.6 is 0 Å². The minimum atomic E-state index is -2.44. The molecule has 0 bridgehead atoms. The Kier molecular flexibility index (Phi) is 10.8. The highest BCUT2D eigenvalue weighted by molar-refractivity contribution is 6.92. The van der Waals surface area contributed by atoms with E-state index >= 15 is 0 Å². The zero-order valence-corrected chi connectivity index (χ0v) is 28.1. The first-order valence-corrected chi connectivity index (χ1v) is 16.7. The number of rotatable bonds is 14. The van der Waals surface area contributed by atoms with E-state index in [0.29, 0.717) is 46.0 Å². The Labute approximate surface area is 256 Å². The third kappa shape index (κ3) is 6.85. The van der Waals surface area contributed by atoms with Crippen LogP contribution in [0.2, 0.25) is 0 Å². The van der Waals surface area contributed by atoms with Gasteiger partial charge in [0.2, 0.25) is 18.1 Å². The van der Waals surface area contributed by atoms with E-state index in [9.17, 15) is 0 Å². The fourth-order valence-corrected chi connectivity index (χ4v) is 11.6. The summed E-state index contributed by atoms with van der Waals surface area (Å²) in [7, 11) is 8.10. The summed E-state index contributed by atoms with van der Waals surface area (Å²) in [6, 6.07) is 23.7. The van der Waals surface area contributed by atoms with Crippen molar-refractivity contribution in [3.05, 3.63) is 72.8 Å². The smallest absolute Gasteiger partial charge is 0.229 e. The second-order valence-electron chi connectivity index (χ2n) is 9.35. The van der Waals surface area contributed by atoms with Crippen molar-refractivity contribution in [1.82, 2.24) is 0 Å². The third-order valence-electron chi connectivity index (χ3n) is 7.11. The molecule has 0 saturated heterocycles. The van der Waals surface area contributed by atoms with E-state index in [1.165, 1.54) is 0 Å². The van der Waals surface area contributed by atoms with Gasteiger partial charge in [-0.3, -0.25) is 0 Å². The maximum atomic E-state index is 7.38. The van der Waals surface area contributed by atoms with E-state index in [1.807, 2.05) is 72.8 Å². The average Bonchev–Trinajstić information content (AvgIpc) is 3.07. The van der Waals surface area contributed by atoms with Gasteiger partial charge in [-0.15, -0.1) is 0 Å². The lowest BCUT2D eigenvalue weighted by Gasteiger charge is -2.27. The Morgan fingerprint density at radius 3 is 0.698 bits per heavy atom. The van der Waals surface area contributed by atoms with Gasteiger partial charge in [-0.2, -0.15) is 0 Å². The number of benzene rings is 4. The summed E-state index contributed by atoms with van der Waals surface area (Å²) >= 11 is 0. The van der Waals surface area contributed by atoms with Crippen molar-refractivity contribution >= 4 is 38.8 Å². The molecule has 0 amide bonds. The Hall–Kier alpha value is -4.33. The van der Waals surface area contributed by atoms with Gasteiger partial charge in [0, 0.05) is 0 Å². The normalized spacial score (nSPS) is 10.8. The quantitative estimate of drug-likeness (QED) is 0.197. The lowest BCUT2D eigenvalue weighted by atomic mass is 10.3. The molecule has 0 heterocycles. The zero-order valence-electron chi connectivity index (χ0n) is 25.8. The van der Waals surface area contributed by atoms with Crippen molar-refractivity contribution in [2.24, 2.45) is 0 Å². The molecule has 9 nitrogen and oxygen atoms in total. The molecule has 0 unspecified atom stereocenters.